The number of benzene rings is 3. The van der Waals surface area contributed by atoms with Crippen LogP contribution in [-0.4, -0.2) is 31.3 Å². The van der Waals surface area contributed by atoms with Crippen molar-refractivity contribution >= 4 is 29.7 Å². The summed E-state index contributed by atoms with van der Waals surface area (Å²) in [5.74, 6) is 0.236. The van der Waals surface area contributed by atoms with Gasteiger partial charge in [0.1, 0.15) is 5.75 Å². The Morgan fingerprint density at radius 2 is 1.70 bits per heavy atom. The summed E-state index contributed by atoms with van der Waals surface area (Å²) in [5.41, 5.74) is 4.54. The zero-order valence-corrected chi connectivity index (χ0v) is 19.1. The van der Waals surface area contributed by atoms with Crippen molar-refractivity contribution < 1.29 is 23.8 Å². The van der Waals surface area contributed by atoms with E-state index < -0.39 is 18.0 Å². The molecule has 3 rings (SSSR count). The van der Waals surface area contributed by atoms with Gasteiger partial charge >= 0.3 is 5.97 Å². The van der Waals surface area contributed by atoms with Gasteiger partial charge in [-0.25, -0.2) is 10.2 Å². The lowest BCUT2D eigenvalue weighted by Crippen LogP contribution is -2.33. The van der Waals surface area contributed by atoms with Crippen LogP contribution >= 0.6 is 11.6 Å². The molecule has 8 heteroatoms. The van der Waals surface area contributed by atoms with Crippen molar-refractivity contribution in [3.05, 3.63) is 88.4 Å². The fourth-order valence-corrected chi connectivity index (χ4v) is 2.86. The Labute approximate surface area is 196 Å². The molecule has 1 amide bonds. The molecule has 0 saturated carbocycles. The predicted molar refractivity (Wildman–Crippen MR) is 126 cm³/mol. The van der Waals surface area contributed by atoms with Crippen LogP contribution in [0.1, 0.15) is 28.4 Å². The van der Waals surface area contributed by atoms with Crippen LogP contribution in [0.3, 0.4) is 0 Å². The second-order valence-corrected chi connectivity index (χ2v) is 7.55. The fraction of sp³-hybridized carbons (Fsp3) is 0.160. The van der Waals surface area contributed by atoms with E-state index in [1.54, 1.807) is 61.5 Å². The number of amides is 1. The minimum atomic E-state index is -0.763. The molecule has 1 atom stereocenters. The SMILES string of the molecule is COc1cc(/C=N\NC(=O)[C@H](C)Oc2ccc(Cl)cc2)ccc1OC(=O)c1ccc(C)cc1. The highest BCUT2D eigenvalue weighted by Crippen LogP contribution is 2.28. The molecule has 0 aromatic heterocycles. The van der Waals surface area contributed by atoms with E-state index in [-0.39, 0.29) is 5.75 Å². The number of nitrogens with zero attached hydrogens (tertiary/aromatic N) is 1. The van der Waals surface area contributed by atoms with Gasteiger partial charge in [-0.05, 0) is 74.0 Å². The Morgan fingerprint density at radius 3 is 2.36 bits per heavy atom. The molecule has 1 N–H and O–H groups in total. The lowest BCUT2D eigenvalue weighted by Gasteiger charge is -2.13. The molecule has 3 aromatic carbocycles. The molecule has 170 valence electrons. The van der Waals surface area contributed by atoms with Gasteiger partial charge in [0.2, 0.25) is 0 Å². The summed E-state index contributed by atoms with van der Waals surface area (Å²) in [6.07, 6.45) is 0.683. The lowest BCUT2D eigenvalue weighted by molar-refractivity contribution is -0.127. The number of aryl methyl sites for hydroxylation is 1. The third kappa shape index (κ3) is 6.82. The highest BCUT2D eigenvalue weighted by Gasteiger charge is 2.15. The third-order valence-corrected chi connectivity index (χ3v) is 4.81. The van der Waals surface area contributed by atoms with Gasteiger partial charge in [0, 0.05) is 5.02 Å². The van der Waals surface area contributed by atoms with Crippen molar-refractivity contribution in [3.63, 3.8) is 0 Å². The zero-order chi connectivity index (χ0) is 23.8. The molecular weight excluding hydrogens is 444 g/mol. The molecule has 7 nitrogen and oxygen atoms in total. The van der Waals surface area contributed by atoms with Crippen LogP contribution in [0.2, 0.25) is 5.02 Å². The first-order chi connectivity index (χ1) is 15.9. The number of carbonyl (C=O) groups is 2. The first-order valence-electron chi connectivity index (χ1n) is 10.1. The van der Waals surface area contributed by atoms with Crippen LogP contribution in [0.15, 0.2) is 71.8 Å². The molecule has 0 radical (unpaired) electrons. The van der Waals surface area contributed by atoms with Crippen LogP contribution in [-0.2, 0) is 4.79 Å². The second kappa shape index (κ2) is 11.2. The van der Waals surface area contributed by atoms with Gasteiger partial charge < -0.3 is 14.2 Å². The normalized spacial score (nSPS) is 11.6. The minimum Gasteiger partial charge on any atom is -0.493 e. The van der Waals surface area contributed by atoms with E-state index in [1.165, 1.54) is 13.3 Å². The smallest absolute Gasteiger partial charge is 0.343 e. The summed E-state index contributed by atoms with van der Waals surface area (Å²) < 4.78 is 16.3. The summed E-state index contributed by atoms with van der Waals surface area (Å²) in [4.78, 5) is 24.6. The number of esters is 1. The van der Waals surface area contributed by atoms with Crippen molar-refractivity contribution in [2.75, 3.05) is 7.11 Å². The first kappa shape index (κ1) is 23.8. The summed E-state index contributed by atoms with van der Waals surface area (Å²) in [6, 6.07) is 18.7. The third-order valence-electron chi connectivity index (χ3n) is 4.56. The molecule has 3 aromatic rings. The standard InChI is InChI=1S/C25H23ClN2O5/c1-16-4-7-19(8-5-16)25(30)33-22-13-6-18(14-23(22)31-3)15-27-28-24(29)17(2)32-21-11-9-20(26)10-12-21/h4-15,17H,1-3H3,(H,28,29)/b27-15-/t17-/m0/s1. The Bertz CT molecular complexity index is 1140. The van der Waals surface area contributed by atoms with E-state index >= 15 is 0 Å². The van der Waals surface area contributed by atoms with Crippen molar-refractivity contribution in [1.82, 2.24) is 5.43 Å². The van der Waals surface area contributed by atoms with E-state index in [1.807, 2.05) is 19.1 Å². The molecule has 0 aliphatic rings. The number of hydrazone groups is 1. The van der Waals surface area contributed by atoms with E-state index in [0.717, 1.165) is 5.56 Å². The molecule has 0 saturated heterocycles. The van der Waals surface area contributed by atoms with Crippen molar-refractivity contribution in [2.45, 2.75) is 20.0 Å². The molecule has 0 spiro atoms. The zero-order valence-electron chi connectivity index (χ0n) is 18.4. The van der Waals surface area contributed by atoms with Gasteiger partial charge in [0.15, 0.2) is 17.6 Å². The van der Waals surface area contributed by atoms with E-state index in [4.69, 9.17) is 25.8 Å². The first-order valence-corrected chi connectivity index (χ1v) is 10.5. The second-order valence-electron chi connectivity index (χ2n) is 7.11. The van der Waals surface area contributed by atoms with Gasteiger partial charge in [-0.3, -0.25) is 4.79 Å². The van der Waals surface area contributed by atoms with Gasteiger partial charge in [-0.1, -0.05) is 29.3 Å². The quantitative estimate of drug-likeness (QED) is 0.223. The van der Waals surface area contributed by atoms with Crippen LogP contribution in [0, 0.1) is 6.92 Å². The molecule has 0 bridgehead atoms. The number of hydrogen-bond acceptors (Lipinski definition) is 6. The maximum Gasteiger partial charge on any atom is 0.343 e. The van der Waals surface area contributed by atoms with Crippen LogP contribution in [0.25, 0.3) is 0 Å². The number of nitrogens with one attached hydrogen (secondary N) is 1. The van der Waals surface area contributed by atoms with Crippen LogP contribution in [0.4, 0.5) is 0 Å². The molecule has 0 unspecified atom stereocenters. The van der Waals surface area contributed by atoms with E-state index in [0.29, 0.717) is 27.6 Å². The number of halogens is 1. The van der Waals surface area contributed by atoms with Crippen molar-refractivity contribution in [3.8, 4) is 17.2 Å². The molecule has 0 aliphatic heterocycles. The summed E-state index contributed by atoms with van der Waals surface area (Å²) in [5, 5.41) is 4.53. The number of carbonyl (C=O) groups excluding carboxylic acids is 2. The number of rotatable bonds is 8. The molecule has 33 heavy (non-hydrogen) atoms. The number of methoxy groups -OCH3 is 1. The van der Waals surface area contributed by atoms with E-state index in [9.17, 15) is 9.59 Å². The predicted octanol–water partition coefficient (Wildman–Crippen LogP) is 4.79. The maximum absolute atomic E-state index is 12.4. The Morgan fingerprint density at radius 1 is 1.00 bits per heavy atom. The fourth-order valence-electron chi connectivity index (χ4n) is 2.73. The van der Waals surface area contributed by atoms with Gasteiger partial charge in [-0.15, -0.1) is 0 Å². The summed E-state index contributed by atoms with van der Waals surface area (Å²) in [7, 11) is 1.47. The van der Waals surface area contributed by atoms with E-state index in [2.05, 4.69) is 10.5 Å². The van der Waals surface area contributed by atoms with Crippen molar-refractivity contribution in [2.24, 2.45) is 5.10 Å². The Balaban J connectivity index is 1.59. The monoisotopic (exact) mass is 466 g/mol. The topological polar surface area (TPSA) is 86.2 Å². The van der Waals surface area contributed by atoms with Crippen molar-refractivity contribution in [1.29, 1.82) is 0 Å². The highest BCUT2D eigenvalue weighted by molar-refractivity contribution is 6.30. The Hall–Kier alpha value is -3.84. The molecule has 0 heterocycles. The summed E-state index contributed by atoms with van der Waals surface area (Å²) >= 11 is 5.84. The minimum absolute atomic E-state index is 0.272. The summed E-state index contributed by atoms with van der Waals surface area (Å²) in [6.45, 7) is 3.55. The largest absolute Gasteiger partial charge is 0.493 e. The molecular formula is C25H23ClN2O5. The van der Waals surface area contributed by atoms with Gasteiger partial charge in [0.25, 0.3) is 5.91 Å². The lowest BCUT2D eigenvalue weighted by atomic mass is 10.1. The number of hydrogen-bond donors (Lipinski definition) is 1. The highest BCUT2D eigenvalue weighted by atomic mass is 35.5. The average Bonchev–Trinajstić information content (AvgIpc) is 2.81. The van der Waals surface area contributed by atoms with Crippen LogP contribution < -0.4 is 19.6 Å². The molecule has 0 fully saturated rings. The molecule has 0 aliphatic carbocycles. The maximum atomic E-state index is 12.4. The Kier molecular flexibility index (Phi) is 8.05. The average molecular weight is 467 g/mol. The number of ether oxygens (including phenoxy) is 3. The van der Waals surface area contributed by atoms with Gasteiger partial charge in [-0.2, -0.15) is 5.10 Å². The van der Waals surface area contributed by atoms with Gasteiger partial charge in [0.05, 0.1) is 18.9 Å². The van der Waals surface area contributed by atoms with Crippen LogP contribution in [0.5, 0.6) is 17.2 Å².